The average molecular weight is 379 g/mol. The van der Waals surface area contributed by atoms with Crippen LogP contribution in [0.2, 0.25) is 0 Å². The first-order chi connectivity index (χ1) is 13.3. The lowest BCUT2D eigenvalue weighted by molar-refractivity contribution is 0.577. The van der Waals surface area contributed by atoms with Gasteiger partial charge >= 0.3 is 0 Å². The summed E-state index contributed by atoms with van der Waals surface area (Å²) in [5.74, 6) is 0.254. The van der Waals surface area contributed by atoms with E-state index in [1.165, 1.54) is 25.3 Å². The van der Waals surface area contributed by atoms with Crippen molar-refractivity contribution in [1.29, 1.82) is 0 Å². The van der Waals surface area contributed by atoms with Crippen molar-refractivity contribution in [2.45, 2.75) is 38.0 Å². The first-order valence-electron chi connectivity index (χ1n) is 9.55. The van der Waals surface area contributed by atoms with E-state index in [1.54, 1.807) is 23.5 Å². The second kappa shape index (κ2) is 7.00. The van der Waals surface area contributed by atoms with E-state index in [0.29, 0.717) is 17.2 Å². The third kappa shape index (κ3) is 3.23. The molecule has 0 bridgehead atoms. The van der Waals surface area contributed by atoms with Crippen LogP contribution in [-0.2, 0) is 0 Å². The normalized spacial score (nSPS) is 17.3. The molecule has 6 heteroatoms. The zero-order valence-electron chi connectivity index (χ0n) is 15.0. The van der Waals surface area contributed by atoms with Gasteiger partial charge in [-0.3, -0.25) is 0 Å². The van der Waals surface area contributed by atoms with Crippen molar-refractivity contribution in [3.05, 3.63) is 48.2 Å². The van der Waals surface area contributed by atoms with Gasteiger partial charge in [-0.05, 0) is 50.2 Å². The molecule has 1 aliphatic heterocycles. The maximum absolute atomic E-state index is 14.6. The molecule has 2 aliphatic rings. The van der Waals surface area contributed by atoms with Crippen LogP contribution < -0.4 is 4.90 Å². The Hall–Kier alpha value is -2.34. The van der Waals surface area contributed by atoms with Crippen molar-refractivity contribution >= 4 is 16.5 Å². The highest BCUT2D eigenvalue weighted by Gasteiger charge is 2.30. The minimum Gasteiger partial charge on any atom is -0.348 e. The molecule has 1 aromatic carbocycles. The van der Waals surface area contributed by atoms with Crippen LogP contribution in [-0.4, -0.2) is 28.0 Å². The number of anilines is 1. The molecule has 1 aliphatic carbocycles. The van der Waals surface area contributed by atoms with Gasteiger partial charge in [0.2, 0.25) is 0 Å². The lowest BCUT2D eigenvalue weighted by Crippen LogP contribution is -2.29. The fraction of sp³-hybridized carbons (Fsp3) is 0.381. The second-order valence-corrected chi connectivity index (χ2v) is 8.23. The summed E-state index contributed by atoms with van der Waals surface area (Å²) in [6.45, 7) is 2.02. The van der Waals surface area contributed by atoms with Gasteiger partial charge in [-0.2, -0.15) is 0 Å². The number of hydrogen-bond acceptors (Lipinski definition) is 5. The van der Waals surface area contributed by atoms with Gasteiger partial charge in [0.25, 0.3) is 0 Å². The van der Waals surface area contributed by atoms with Gasteiger partial charge < -0.3 is 4.90 Å². The number of benzene rings is 1. The van der Waals surface area contributed by atoms with Crippen molar-refractivity contribution in [1.82, 2.24) is 15.0 Å². The van der Waals surface area contributed by atoms with Gasteiger partial charge in [0, 0.05) is 30.4 Å². The van der Waals surface area contributed by atoms with Crippen molar-refractivity contribution in [2.75, 3.05) is 18.0 Å². The molecule has 1 saturated heterocycles. The second-order valence-electron chi connectivity index (χ2n) is 7.25. The summed E-state index contributed by atoms with van der Waals surface area (Å²) in [7, 11) is 0. The molecule has 1 saturated carbocycles. The summed E-state index contributed by atoms with van der Waals surface area (Å²) in [6, 6.07) is 6.86. The predicted octanol–water partition coefficient (Wildman–Crippen LogP) is 5.07. The standard InChI is InChI=1S/C21H20FN4S/c22-17-7-3-2-6-15(17)19-20(18-16(14-8-9-14)12-23-13-24-18)27-21(25-19)26-10-4-1-5-11-26/h2-3,6-7,12,14H,1,4-5,8-11H2. The highest BCUT2D eigenvalue weighted by Crippen LogP contribution is 2.47. The highest BCUT2D eigenvalue weighted by atomic mass is 32.1. The fourth-order valence-corrected chi connectivity index (χ4v) is 4.85. The van der Waals surface area contributed by atoms with E-state index in [9.17, 15) is 4.39 Å². The maximum Gasteiger partial charge on any atom is 0.198 e. The number of aromatic nitrogens is 3. The van der Waals surface area contributed by atoms with E-state index in [4.69, 9.17) is 4.98 Å². The van der Waals surface area contributed by atoms with E-state index in [-0.39, 0.29) is 5.82 Å². The Morgan fingerprint density at radius 1 is 1.07 bits per heavy atom. The molecule has 0 amide bonds. The van der Waals surface area contributed by atoms with Crippen LogP contribution in [0.25, 0.3) is 21.8 Å². The number of hydrogen-bond donors (Lipinski definition) is 0. The third-order valence-electron chi connectivity index (χ3n) is 5.30. The Kier molecular flexibility index (Phi) is 4.36. The molecule has 137 valence electrons. The van der Waals surface area contributed by atoms with Crippen LogP contribution in [0, 0.1) is 12.1 Å². The first-order valence-corrected chi connectivity index (χ1v) is 10.4. The Morgan fingerprint density at radius 3 is 2.67 bits per heavy atom. The molecular formula is C21H20FN4S. The Morgan fingerprint density at radius 2 is 1.89 bits per heavy atom. The quantitative estimate of drug-likeness (QED) is 0.634. The van der Waals surface area contributed by atoms with E-state index in [1.807, 2.05) is 12.3 Å². The van der Waals surface area contributed by atoms with Crippen LogP contribution in [0.4, 0.5) is 9.52 Å². The number of nitrogens with zero attached hydrogens (tertiary/aromatic N) is 4. The Labute approximate surface area is 162 Å². The SMILES string of the molecule is Fc1ccccc1-c1nc(N2CCCCC2)sc1-c1n[c]ncc1C1CC1. The zero-order chi connectivity index (χ0) is 18.2. The van der Waals surface area contributed by atoms with Gasteiger partial charge in [-0.25, -0.2) is 19.3 Å². The van der Waals surface area contributed by atoms with Crippen LogP contribution >= 0.6 is 11.3 Å². The molecule has 0 atom stereocenters. The molecule has 27 heavy (non-hydrogen) atoms. The van der Waals surface area contributed by atoms with E-state index in [0.717, 1.165) is 47.2 Å². The lowest BCUT2D eigenvalue weighted by atomic mass is 10.1. The molecule has 0 spiro atoms. The summed E-state index contributed by atoms with van der Waals surface area (Å²) in [6.07, 6.45) is 10.5. The maximum atomic E-state index is 14.6. The van der Waals surface area contributed by atoms with Crippen molar-refractivity contribution in [3.63, 3.8) is 0 Å². The summed E-state index contributed by atoms with van der Waals surface area (Å²) in [5, 5.41) is 0.961. The molecule has 5 rings (SSSR count). The molecule has 1 radical (unpaired) electrons. The average Bonchev–Trinajstić information content (AvgIpc) is 3.48. The number of rotatable bonds is 4. The van der Waals surface area contributed by atoms with Gasteiger partial charge in [0.15, 0.2) is 11.5 Å². The van der Waals surface area contributed by atoms with E-state index in [2.05, 4.69) is 21.2 Å². The molecule has 3 aromatic rings. The summed E-state index contributed by atoms with van der Waals surface area (Å²) < 4.78 is 14.6. The molecular weight excluding hydrogens is 359 g/mol. The van der Waals surface area contributed by atoms with Gasteiger partial charge in [-0.15, -0.1) is 0 Å². The highest BCUT2D eigenvalue weighted by molar-refractivity contribution is 7.19. The van der Waals surface area contributed by atoms with Crippen molar-refractivity contribution in [3.8, 4) is 21.8 Å². The lowest BCUT2D eigenvalue weighted by Gasteiger charge is -2.25. The Balaban J connectivity index is 1.67. The smallest absolute Gasteiger partial charge is 0.198 e. The van der Waals surface area contributed by atoms with Crippen molar-refractivity contribution < 1.29 is 4.39 Å². The van der Waals surface area contributed by atoms with Crippen LogP contribution in [0.1, 0.15) is 43.6 Å². The largest absolute Gasteiger partial charge is 0.348 e. The first kappa shape index (κ1) is 16.8. The van der Waals surface area contributed by atoms with Crippen LogP contribution in [0.3, 0.4) is 0 Å². The van der Waals surface area contributed by atoms with Crippen LogP contribution in [0.15, 0.2) is 30.5 Å². The third-order valence-corrected chi connectivity index (χ3v) is 6.42. The van der Waals surface area contributed by atoms with E-state index >= 15 is 0 Å². The monoisotopic (exact) mass is 379 g/mol. The molecule has 2 aromatic heterocycles. The van der Waals surface area contributed by atoms with Crippen LogP contribution in [0.5, 0.6) is 0 Å². The summed E-state index contributed by atoms with van der Waals surface area (Å²) >= 11 is 1.62. The number of piperidine rings is 1. The zero-order valence-corrected chi connectivity index (χ0v) is 15.8. The van der Waals surface area contributed by atoms with Crippen molar-refractivity contribution in [2.24, 2.45) is 0 Å². The summed E-state index contributed by atoms with van der Waals surface area (Å²) in [5.41, 5.74) is 3.23. The predicted molar refractivity (Wildman–Crippen MR) is 105 cm³/mol. The number of halogens is 1. The fourth-order valence-electron chi connectivity index (χ4n) is 3.70. The Bertz CT molecular complexity index is 960. The minimum absolute atomic E-state index is 0.250. The molecule has 0 unspecified atom stereocenters. The van der Waals surface area contributed by atoms with Gasteiger partial charge in [-0.1, -0.05) is 23.5 Å². The minimum atomic E-state index is -0.250. The number of thiazole rings is 1. The molecule has 3 heterocycles. The molecule has 0 N–H and O–H groups in total. The van der Waals surface area contributed by atoms with E-state index < -0.39 is 0 Å². The van der Waals surface area contributed by atoms with Gasteiger partial charge in [0.1, 0.15) is 5.82 Å². The topological polar surface area (TPSA) is 41.9 Å². The molecule has 4 nitrogen and oxygen atoms in total. The van der Waals surface area contributed by atoms with Gasteiger partial charge in [0.05, 0.1) is 16.3 Å². The summed E-state index contributed by atoms with van der Waals surface area (Å²) in [4.78, 5) is 16.7. The molecule has 2 fully saturated rings.